The van der Waals surface area contributed by atoms with Gasteiger partial charge in [0.1, 0.15) is 11.2 Å². The van der Waals surface area contributed by atoms with E-state index in [1.54, 1.807) is 0 Å². The summed E-state index contributed by atoms with van der Waals surface area (Å²) in [7, 11) is 0. The highest BCUT2D eigenvalue weighted by Crippen LogP contribution is 2.42. The van der Waals surface area contributed by atoms with Gasteiger partial charge in [-0.25, -0.2) is 0 Å². The minimum atomic E-state index is 0.870. The maximum atomic E-state index is 6.57. The molecule has 0 amide bonds. The van der Waals surface area contributed by atoms with Crippen molar-refractivity contribution < 1.29 is 4.42 Å². The lowest BCUT2D eigenvalue weighted by Crippen LogP contribution is -2.09. The zero-order chi connectivity index (χ0) is 35.6. The van der Waals surface area contributed by atoms with Crippen LogP contribution in [0.2, 0.25) is 0 Å². The van der Waals surface area contributed by atoms with Crippen LogP contribution in [-0.2, 0) is 0 Å². The normalized spacial score (nSPS) is 11.7. The molecule has 0 saturated heterocycles. The molecule has 0 radical (unpaired) electrons. The van der Waals surface area contributed by atoms with Gasteiger partial charge in [0.05, 0.1) is 0 Å². The van der Waals surface area contributed by atoms with Crippen molar-refractivity contribution in [1.29, 1.82) is 0 Å². The monoisotopic (exact) mass is 687 g/mol. The largest absolute Gasteiger partial charge is 0.456 e. The number of fused-ring (bicyclic) bond motifs is 8. The molecule has 0 aliphatic heterocycles. The van der Waals surface area contributed by atoms with Crippen LogP contribution >= 0.6 is 0 Å². The maximum absolute atomic E-state index is 6.57. The summed E-state index contributed by atoms with van der Waals surface area (Å²) in [5.41, 5.74) is 9.80. The van der Waals surface area contributed by atoms with Crippen LogP contribution in [0.1, 0.15) is 0 Å². The third-order valence-electron chi connectivity index (χ3n) is 11.0. The van der Waals surface area contributed by atoms with Crippen molar-refractivity contribution in [3.63, 3.8) is 0 Å². The number of hydrogen-bond donors (Lipinski definition) is 0. The van der Waals surface area contributed by atoms with Crippen molar-refractivity contribution in [3.05, 3.63) is 200 Å². The van der Waals surface area contributed by atoms with Crippen molar-refractivity contribution in [2.45, 2.75) is 0 Å². The van der Waals surface area contributed by atoms with Gasteiger partial charge in [0, 0.05) is 33.9 Å². The molecular formula is C52H33NO. The molecule has 1 heterocycles. The maximum Gasteiger partial charge on any atom is 0.137 e. The SMILES string of the molecule is c1ccc(-c2ccc(N(c3ccc4ccc(-c5cc6ccccc6c6ccccc56)cc4c3)c3ccc4c(c3)oc3cc5ccccc5cc34)cc2)cc1. The lowest BCUT2D eigenvalue weighted by Gasteiger charge is -2.26. The van der Waals surface area contributed by atoms with Crippen LogP contribution in [0.5, 0.6) is 0 Å². The minimum Gasteiger partial charge on any atom is -0.456 e. The summed E-state index contributed by atoms with van der Waals surface area (Å²) < 4.78 is 6.57. The molecule has 0 atom stereocenters. The van der Waals surface area contributed by atoms with E-state index in [4.69, 9.17) is 4.42 Å². The van der Waals surface area contributed by atoms with Gasteiger partial charge in [-0.3, -0.25) is 0 Å². The molecular weight excluding hydrogens is 655 g/mol. The van der Waals surface area contributed by atoms with Gasteiger partial charge < -0.3 is 9.32 Å². The van der Waals surface area contributed by atoms with E-state index >= 15 is 0 Å². The number of furan rings is 1. The van der Waals surface area contributed by atoms with Crippen LogP contribution < -0.4 is 4.90 Å². The van der Waals surface area contributed by atoms with Gasteiger partial charge >= 0.3 is 0 Å². The van der Waals surface area contributed by atoms with E-state index in [0.717, 1.165) is 39.0 Å². The van der Waals surface area contributed by atoms with Crippen molar-refractivity contribution in [2.75, 3.05) is 4.90 Å². The Labute approximate surface area is 312 Å². The Morgan fingerprint density at radius 1 is 0.278 bits per heavy atom. The lowest BCUT2D eigenvalue weighted by molar-refractivity contribution is 0.669. The number of rotatable bonds is 5. The Bertz CT molecular complexity index is 3210. The van der Waals surface area contributed by atoms with Crippen molar-refractivity contribution in [1.82, 2.24) is 0 Å². The van der Waals surface area contributed by atoms with Gasteiger partial charge in [-0.1, -0.05) is 133 Å². The van der Waals surface area contributed by atoms with Gasteiger partial charge in [0.2, 0.25) is 0 Å². The fraction of sp³-hybridized carbons (Fsp3) is 0. The van der Waals surface area contributed by atoms with Crippen LogP contribution in [-0.4, -0.2) is 0 Å². The molecule has 11 aromatic rings. The molecule has 0 N–H and O–H groups in total. The minimum absolute atomic E-state index is 0.870. The molecule has 54 heavy (non-hydrogen) atoms. The average Bonchev–Trinajstić information content (AvgIpc) is 3.59. The Morgan fingerprint density at radius 3 is 1.70 bits per heavy atom. The van der Waals surface area contributed by atoms with Gasteiger partial charge in [-0.05, 0) is 126 Å². The zero-order valence-electron chi connectivity index (χ0n) is 29.4. The van der Waals surface area contributed by atoms with Crippen molar-refractivity contribution >= 4 is 82.1 Å². The second-order valence-electron chi connectivity index (χ2n) is 14.2. The predicted octanol–water partition coefficient (Wildman–Crippen LogP) is 15.0. The highest BCUT2D eigenvalue weighted by atomic mass is 16.3. The summed E-state index contributed by atoms with van der Waals surface area (Å²) in [5, 5.41) is 12.1. The summed E-state index contributed by atoms with van der Waals surface area (Å²) >= 11 is 0. The fourth-order valence-electron chi connectivity index (χ4n) is 8.30. The average molecular weight is 688 g/mol. The lowest BCUT2D eigenvalue weighted by atomic mass is 9.92. The van der Waals surface area contributed by atoms with Gasteiger partial charge in [-0.15, -0.1) is 0 Å². The van der Waals surface area contributed by atoms with Crippen LogP contribution in [0, 0.1) is 0 Å². The molecule has 0 bridgehead atoms. The third-order valence-corrected chi connectivity index (χ3v) is 11.0. The Hall–Kier alpha value is -7.16. The standard InChI is InChI=1S/C52H33NO/c1-2-10-34(11-3-1)35-20-23-42(24-21-35)53(44-26-27-48-50-30-37-12-4-5-13-38(37)32-51(50)54-52(48)33-44)43-25-22-36-18-19-40(28-41(36)29-43)49-31-39-14-6-7-15-45(39)46-16-8-9-17-47(46)49/h1-33H. The number of nitrogens with zero attached hydrogens (tertiary/aromatic N) is 1. The van der Waals surface area contributed by atoms with Crippen LogP contribution in [0.25, 0.3) is 87.3 Å². The molecule has 2 heteroatoms. The zero-order valence-corrected chi connectivity index (χ0v) is 29.4. The molecule has 1 aromatic heterocycles. The van der Waals surface area contributed by atoms with E-state index in [0.29, 0.717) is 0 Å². The highest BCUT2D eigenvalue weighted by molar-refractivity contribution is 6.14. The van der Waals surface area contributed by atoms with Gasteiger partial charge in [0.25, 0.3) is 0 Å². The Balaban J connectivity index is 1.08. The summed E-state index contributed by atoms with van der Waals surface area (Å²) in [4.78, 5) is 2.34. The van der Waals surface area contributed by atoms with E-state index < -0.39 is 0 Å². The molecule has 0 aliphatic rings. The second-order valence-corrected chi connectivity index (χ2v) is 14.2. The van der Waals surface area contributed by atoms with E-state index in [9.17, 15) is 0 Å². The van der Waals surface area contributed by atoms with E-state index in [1.807, 2.05) is 0 Å². The molecule has 0 saturated carbocycles. The molecule has 0 spiro atoms. The molecule has 11 rings (SSSR count). The first kappa shape index (κ1) is 30.5. The molecule has 10 aromatic carbocycles. The first-order valence-electron chi connectivity index (χ1n) is 18.5. The summed E-state index contributed by atoms with van der Waals surface area (Å²) in [5.74, 6) is 0. The number of anilines is 3. The van der Waals surface area contributed by atoms with Crippen LogP contribution in [0.15, 0.2) is 205 Å². The fourth-order valence-corrected chi connectivity index (χ4v) is 8.30. The number of benzene rings is 10. The first-order valence-corrected chi connectivity index (χ1v) is 18.5. The Morgan fingerprint density at radius 2 is 0.870 bits per heavy atom. The number of hydrogen-bond acceptors (Lipinski definition) is 2. The molecule has 0 fully saturated rings. The second kappa shape index (κ2) is 12.2. The summed E-state index contributed by atoms with van der Waals surface area (Å²) in [6, 6.07) is 72.4. The van der Waals surface area contributed by atoms with Crippen LogP contribution in [0.4, 0.5) is 17.1 Å². The summed E-state index contributed by atoms with van der Waals surface area (Å²) in [6.07, 6.45) is 0. The van der Waals surface area contributed by atoms with E-state index in [2.05, 4.69) is 205 Å². The molecule has 2 nitrogen and oxygen atoms in total. The summed E-state index contributed by atoms with van der Waals surface area (Å²) in [6.45, 7) is 0. The molecule has 0 aliphatic carbocycles. The van der Waals surface area contributed by atoms with Gasteiger partial charge in [-0.2, -0.15) is 0 Å². The topological polar surface area (TPSA) is 16.4 Å². The quantitative estimate of drug-likeness (QED) is 0.168. The van der Waals surface area contributed by atoms with E-state index in [-0.39, 0.29) is 0 Å². The molecule has 252 valence electrons. The smallest absolute Gasteiger partial charge is 0.137 e. The predicted molar refractivity (Wildman–Crippen MR) is 229 cm³/mol. The molecule has 0 unspecified atom stereocenters. The van der Waals surface area contributed by atoms with E-state index in [1.165, 1.54) is 65.3 Å². The third kappa shape index (κ3) is 5.03. The Kier molecular flexibility index (Phi) is 6.90. The van der Waals surface area contributed by atoms with Crippen molar-refractivity contribution in [3.8, 4) is 22.3 Å². The van der Waals surface area contributed by atoms with Crippen molar-refractivity contribution in [2.24, 2.45) is 0 Å². The van der Waals surface area contributed by atoms with Gasteiger partial charge in [0.15, 0.2) is 0 Å². The van der Waals surface area contributed by atoms with Crippen LogP contribution in [0.3, 0.4) is 0 Å². The first-order chi connectivity index (χ1) is 26.7. The highest BCUT2D eigenvalue weighted by Gasteiger charge is 2.17.